The minimum Gasteiger partial charge on any atom is -0.481 e. The number of aliphatic carboxylic acids is 1. The Bertz CT molecular complexity index is 1440. The molecule has 0 saturated carbocycles. The van der Waals surface area contributed by atoms with E-state index in [2.05, 4.69) is 20.8 Å². The maximum absolute atomic E-state index is 14.8. The number of aliphatic hydroxyl groups is 2. The molecule has 0 aliphatic carbocycles. The average molecular weight is 793 g/mol. The van der Waals surface area contributed by atoms with Crippen LogP contribution in [0.3, 0.4) is 0 Å². The molecule has 320 valence electrons. The molecule has 5 aliphatic rings. The highest BCUT2D eigenvalue weighted by Crippen LogP contribution is 2.54. The van der Waals surface area contributed by atoms with Crippen molar-refractivity contribution in [3.8, 4) is 0 Å². The molecule has 2 spiro atoms. The predicted octanol–water partition coefficient (Wildman–Crippen LogP) is 6.76. The number of hydrogen-bond donors (Lipinski definition) is 3. The van der Waals surface area contributed by atoms with E-state index in [0.29, 0.717) is 57.8 Å². The topological polar surface area (TPSA) is 167 Å². The molecule has 12 nitrogen and oxygen atoms in total. The lowest BCUT2D eigenvalue weighted by Crippen LogP contribution is -2.63. The molecule has 0 aromatic rings. The van der Waals surface area contributed by atoms with Crippen molar-refractivity contribution in [3.63, 3.8) is 0 Å². The van der Waals surface area contributed by atoms with Crippen molar-refractivity contribution in [2.45, 2.75) is 206 Å². The van der Waals surface area contributed by atoms with Crippen LogP contribution in [-0.4, -0.2) is 98.5 Å². The number of carbonyl (C=O) groups excluding carboxylic acids is 2. The second-order valence-corrected chi connectivity index (χ2v) is 18.5. The first-order valence-electron chi connectivity index (χ1n) is 21.6. The van der Waals surface area contributed by atoms with E-state index >= 15 is 0 Å². The minimum absolute atomic E-state index is 0.0187. The fourth-order valence-corrected chi connectivity index (χ4v) is 10.9. The maximum atomic E-state index is 14.8. The van der Waals surface area contributed by atoms with Crippen LogP contribution >= 0.6 is 0 Å². The number of ketones is 1. The highest BCUT2D eigenvalue weighted by atomic mass is 16.8. The summed E-state index contributed by atoms with van der Waals surface area (Å²) in [6.45, 7) is 21.0. The molecule has 0 radical (unpaired) electrons. The number of Topliss-reactive ketones (excluding diaryl/α,β-unsaturated/α-hetero) is 1. The number of carbonyl (C=O) groups is 3. The number of esters is 1. The first kappa shape index (κ1) is 45.2. The second kappa shape index (κ2) is 17.3. The van der Waals surface area contributed by atoms with Crippen LogP contribution in [0.4, 0.5) is 0 Å². The van der Waals surface area contributed by atoms with Crippen LogP contribution in [0.25, 0.3) is 0 Å². The van der Waals surface area contributed by atoms with Crippen LogP contribution in [-0.2, 0) is 42.8 Å². The Morgan fingerprint density at radius 3 is 2.16 bits per heavy atom. The summed E-state index contributed by atoms with van der Waals surface area (Å²) in [5.41, 5.74) is -1.66. The van der Waals surface area contributed by atoms with Crippen LogP contribution in [0.15, 0.2) is 12.2 Å². The summed E-state index contributed by atoms with van der Waals surface area (Å²) in [6, 6.07) is 0. The van der Waals surface area contributed by atoms with Gasteiger partial charge in [0.05, 0.1) is 53.6 Å². The van der Waals surface area contributed by atoms with Gasteiger partial charge in [-0.1, -0.05) is 55.4 Å². The summed E-state index contributed by atoms with van der Waals surface area (Å²) in [4.78, 5) is 39.4. The molecule has 0 unspecified atom stereocenters. The van der Waals surface area contributed by atoms with Gasteiger partial charge in [-0.15, -0.1) is 0 Å². The Kier molecular flexibility index (Phi) is 14.0. The number of carboxylic acid groups (broad SMARTS) is 1. The van der Waals surface area contributed by atoms with Crippen LogP contribution in [0.2, 0.25) is 0 Å². The first-order chi connectivity index (χ1) is 26.2. The van der Waals surface area contributed by atoms with E-state index in [9.17, 15) is 29.7 Å². The normalized spacial score (nSPS) is 44.2. The zero-order chi connectivity index (χ0) is 41.5. The molecule has 5 rings (SSSR count). The van der Waals surface area contributed by atoms with Crippen LogP contribution in [0, 0.1) is 41.4 Å². The second-order valence-electron chi connectivity index (χ2n) is 18.5. The number of carboxylic acids is 1. The van der Waals surface area contributed by atoms with Crippen LogP contribution in [0.1, 0.15) is 140 Å². The summed E-state index contributed by atoms with van der Waals surface area (Å²) < 4.78 is 39.7. The predicted molar refractivity (Wildman–Crippen MR) is 208 cm³/mol. The Morgan fingerprint density at radius 2 is 1.57 bits per heavy atom. The lowest BCUT2D eigenvalue weighted by Gasteiger charge is -2.54. The average Bonchev–Trinajstić information content (AvgIpc) is 3.49. The van der Waals surface area contributed by atoms with Gasteiger partial charge in [-0.3, -0.25) is 14.4 Å². The highest BCUT2D eigenvalue weighted by Gasteiger charge is 2.63. The molecule has 12 heteroatoms. The van der Waals surface area contributed by atoms with E-state index in [1.807, 2.05) is 48.5 Å². The van der Waals surface area contributed by atoms with E-state index < -0.39 is 83.0 Å². The van der Waals surface area contributed by atoms with E-state index in [4.69, 9.17) is 28.4 Å². The van der Waals surface area contributed by atoms with Gasteiger partial charge in [0.2, 0.25) is 5.79 Å². The Labute approximate surface area is 334 Å². The molecule has 5 aliphatic heterocycles. The molecule has 0 aromatic heterocycles. The number of aliphatic hydroxyl groups excluding tert-OH is 1. The van der Waals surface area contributed by atoms with E-state index in [1.165, 1.54) is 6.92 Å². The molecular formula is C44H72O12. The van der Waals surface area contributed by atoms with Crippen LogP contribution < -0.4 is 0 Å². The van der Waals surface area contributed by atoms with Gasteiger partial charge in [0.1, 0.15) is 18.0 Å². The van der Waals surface area contributed by atoms with Gasteiger partial charge >= 0.3 is 11.9 Å². The van der Waals surface area contributed by atoms with Gasteiger partial charge in [0.15, 0.2) is 5.79 Å². The van der Waals surface area contributed by atoms with Gasteiger partial charge in [-0.25, -0.2) is 0 Å². The van der Waals surface area contributed by atoms with Crippen molar-refractivity contribution in [1.29, 1.82) is 0 Å². The molecule has 3 N–H and O–H groups in total. The van der Waals surface area contributed by atoms with Crippen molar-refractivity contribution >= 4 is 17.7 Å². The SMILES string of the molecule is CC[C@@H](C(=O)[C@@H](C)[C@@H](OC(C)=O)[C@H](C)[C@@H]1O[C@@H]([C@@H](CC)C(=O)O)CC[C@@H]1C)[C@H]1O[C@]2(C=C[C@@H](O)[C@]3(CC[C@@](C)([C@H]4CC[C@](O)(CC)[C@H](C)O4)O3)O2)[C@H](C)C[C@@H]1C. The molecule has 18 atom stereocenters. The third-order valence-corrected chi connectivity index (χ3v) is 14.7. The monoisotopic (exact) mass is 793 g/mol. The minimum atomic E-state index is -1.39. The molecule has 0 bridgehead atoms. The Hall–Kier alpha value is -1.93. The first-order valence-corrected chi connectivity index (χ1v) is 21.6. The van der Waals surface area contributed by atoms with Crippen molar-refractivity contribution in [2.24, 2.45) is 41.4 Å². The third kappa shape index (κ3) is 8.54. The van der Waals surface area contributed by atoms with E-state index in [-0.39, 0.29) is 41.7 Å². The zero-order valence-corrected chi connectivity index (χ0v) is 35.8. The number of ether oxygens (including phenoxy) is 6. The molecule has 56 heavy (non-hydrogen) atoms. The molecule has 4 saturated heterocycles. The van der Waals surface area contributed by atoms with E-state index in [0.717, 1.165) is 6.42 Å². The number of hydrogen-bond acceptors (Lipinski definition) is 11. The lowest BCUT2D eigenvalue weighted by atomic mass is 9.72. The molecule has 0 aromatic carbocycles. The van der Waals surface area contributed by atoms with Crippen LogP contribution in [0.5, 0.6) is 0 Å². The maximum Gasteiger partial charge on any atom is 0.309 e. The summed E-state index contributed by atoms with van der Waals surface area (Å²) in [6.07, 6.45) is 5.34. The Morgan fingerprint density at radius 1 is 0.893 bits per heavy atom. The molecule has 0 amide bonds. The summed E-state index contributed by atoms with van der Waals surface area (Å²) in [5.74, 6) is -6.51. The van der Waals surface area contributed by atoms with Crippen molar-refractivity contribution in [3.05, 3.63) is 12.2 Å². The van der Waals surface area contributed by atoms with Crippen molar-refractivity contribution < 1.29 is 58.1 Å². The fourth-order valence-electron chi connectivity index (χ4n) is 10.9. The standard InChI is InChI=1S/C44H72O12/c1-12-31(40(48)49)33-16-15-24(4)37(53-33)28(8)39(52-30(10)45)27(7)36(47)32(13-2)38-25(5)23-26(6)43(54-38)20-17-34(46)44(56-43)22-21-41(11,55-44)35-18-19-42(50,14-3)29(9)51-35/h17,20,24-29,31-35,37-39,46,50H,12-16,18-19,21-23H2,1-11H3,(H,48,49)/t24-,25-,26+,27+,28+,29-,31+,32-,33+,34+,35+,37+,38-,39+,41-,42+,43-,44-/m0/s1. The fraction of sp³-hybridized carbons (Fsp3) is 0.886. The molecular weight excluding hydrogens is 720 g/mol. The zero-order valence-electron chi connectivity index (χ0n) is 35.8. The van der Waals surface area contributed by atoms with Gasteiger partial charge in [0, 0.05) is 31.1 Å². The summed E-state index contributed by atoms with van der Waals surface area (Å²) >= 11 is 0. The quantitative estimate of drug-likeness (QED) is 0.133. The highest BCUT2D eigenvalue weighted by molar-refractivity contribution is 5.84. The summed E-state index contributed by atoms with van der Waals surface area (Å²) in [5, 5.41) is 32.4. The van der Waals surface area contributed by atoms with Crippen molar-refractivity contribution in [2.75, 3.05) is 0 Å². The van der Waals surface area contributed by atoms with E-state index in [1.54, 1.807) is 12.2 Å². The van der Waals surface area contributed by atoms with Gasteiger partial charge < -0.3 is 43.7 Å². The largest absolute Gasteiger partial charge is 0.481 e. The molecule has 5 heterocycles. The third-order valence-electron chi connectivity index (χ3n) is 14.7. The van der Waals surface area contributed by atoms with Gasteiger partial charge in [0.25, 0.3) is 0 Å². The lowest BCUT2D eigenvalue weighted by molar-refractivity contribution is -0.409. The molecule has 4 fully saturated rings. The summed E-state index contributed by atoms with van der Waals surface area (Å²) in [7, 11) is 0. The van der Waals surface area contributed by atoms with Gasteiger partial charge in [-0.05, 0) is 95.6 Å². The van der Waals surface area contributed by atoms with Crippen molar-refractivity contribution in [1.82, 2.24) is 0 Å². The number of rotatable bonds is 13. The smallest absolute Gasteiger partial charge is 0.309 e. The Balaban J connectivity index is 1.36. The van der Waals surface area contributed by atoms with Gasteiger partial charge in [-0.2, -0.15) is 0 Å².